The fraction of sp³-hybridized carbons (Fsp3) is 0.393. The lowest BCUT2D eigenvalue weighted by Crippen LogP contribution is -2.48. The summed E-state index contributed by atoms with van der Waals surface area (Å²) in [7, 11) is 3.81. The van der Waals surface area contributed by atoms with Gasteiger partial charge in [-0.1, -0.05) is 30.8 Å². The molecule has 2 aromatic carbocycles. The first-order valence-corrected chi connectivity index (χ1v) is 12.5. The Labute approximate surface area is 212 Å². The molecule has 2 aliphatic rings. The zero-order chi connectivity index (χ0) is 25.1. The van der Waals surface area contributed by atoms with Crippen LogP contribution in [-0.4, -0.2) is 85.2 Å². The molecule has 1 atom stereocenters. The highest BCUT2D eigenvalue weighted by molar-refractivity contribution is 5.97. The van der Waals surface area contributed by atoms with E-state index in [1.165, 1.54) is 12.5 Å². The molecule has 36 heavy (non-hydrogen) atoms. The molecule has 0 bridgehead atoms. The van der Waals surface area contributed by atoms with Crippen LogP contribution in [0.2, 0.25) is 0 Å². The summed E-state index contributed by atoms with van der Waals surface area (Å²) in [4.78, 5) is 28.0. The molecule has 8 nitrogen and oxygen atoms in total. The van der Waals surface area contributed by atoms with E-state index in [4.69, 9.17) is 19.4 Å². The van der Waals surface area contributed by atoms with Crippen LogP contribution < -0.4 is 14.4 Å². The third-order valence-electron chi connectivity index (χ3n) is 7.21. The van der Waals surface area contributed by atoms with Crippen LogP contribution in [0.25, 0.3) is 22.0 Å². The van der Waals surface area contributed by atoms with Crippen LogP contribution in [0, 0.1) is 0 Å². The van der Waals surface area contributed by atoms with Crippen LogP contribution in [0.4, 0.5) is 5.82 Å². The second kappa shape index (κ2) is 10.5. The van der Waals surface area contributed by atoms with Crippen molar-refractivity contribution in [1.29, 1.82) is 0 Å². The quantitative estimate of drug-likeness (QED) is 0.472. The van der Waals surface area contributed by atoms with E-state index in [1.54, 1.807) is 7.11 Å². The van der Waals surface area contributed by atoms with Gasteiger partial charge in [0, 0.05) is 43.9 Å². The second-order valence-electron chi connectivity index (χ2n) is 9.39. The average molecular weight is 488 g/mol. The molecule has 8 heteroatoms. The first-order valence-electron chi connectivity index (χ1n) is 12.5. The van der Waals surface area contributed by atoms with Gasteiger partial charge in [-0.2, -0.15) is 9.97 Å². The molecule has 188 valence electrons. The molecule has 2 saturated heterocycles. The summed E-state index contributed by atoms with van der Waals surface area (Å²) < 4.78 is 11.8. The number of methoxy groups -OCH3 is 1. The Morgan fingerprint density at radius 1 is 1.11 bits per heavy atom. The van der Waals surface area contributed by atoms with E-state index >= 15 is 0 Å². The molecule has 1 amide bonds. The van der Waals surface area contributed by atoms with Gasteiger partial charge in [-0.25, -0.2) is 0 Å². The fourth-order valence-corrected chi connectivity index (χ4v) is 5.04. The van der Waals surface area contributed by atoms with E-state index in [0.717, 1.165) is 46.6 Å². The highest BCUT2D eigenvalue weighted by atomic mass is 16.5. The third-order valence-corrected chi connectivity index (χ3v) is 7.21. The van der Waals surface area contributed by atoms with Gasteiger partial charge < -0.3 is 24.2 Å². The zero-order valence-electron chi connectivity index (χ0n) is 21.0. The number of ether oxygens (including phenoxy) is 2. The number of likely N-dealkylation sites (tertiary alicyclic amines) is 1. The Morgan fingerprint density at radius 3 is 2.64 bits per heavy atom. The SMILES string of the molecule is C=CC(=O)N1CCN(c2cc(-c3cc(OC)cc4ccccc34)nc(OC[C@@H]3CCCN3C)n2)CC1. The summed E-state index contributed by atoms with van der Waals surface area (Å²) in [5, 5.41) is 2.17. The molecule has 0 spiro atoms. The molecule has 0 radical (unpaired) electrons. The van der Waals surface area contributed by atoms with E-state index in [2.05, 4.69) is 35.6 Å². The average Bonchev–Trinajstić information content (AvgIpc) is 3.35. The maximum atomic E-state index is 12.1. The highest BCUT2D eigenvalue weighted by Gasteiger charge is 2.24. The number of nitrogens with zero attached hydrogens (tertiary/aromatic N) is 5. The van der Waals surface area contributed by atoms with Crippen molar-refractivity contribution in [2.24, 2.45) is 0 Å². The molecule has 1 aromatic heterocycles. The number of fused-ring (bicyclic) bond motifs is 1. The highest BCUT2D eigenvalue weighted by Crippen LogP contribution is 2.34. The molecule has 0 saturated carbocycles. The van der Waals surface area contributed by atoms with Crippen molar-refractivity contribution in [2.45, 2.75) is 18.9 Å². The van der Waals surface area contributed by atoms with Crippen molar-refractivity contribution in [1.82, 2.24) is 19.8 Å². The van der Waals surface area contributed by atoms with Crippen molar-refractivity contribution in [3.8, 4) is 23.0 Å². The Balaban J connectivity index is 1.51. The number of anilines is 1. The molecular weight excluding hydrogens is 454 g/mol. The summed E-state index contributed by atoms with van der Waals surface area (Å²) in [6, 6.07) is 15.0. The lowest BCUT2D eigenvalue weighted by molar-refractivity contribution is -0.126. The van der Waals surface area contributed by atoms with Gasteiger partial charge in [0.2, 0.25) is 5.91 Å². The van der Waals surface area contributed by atoms with Gasteiger partial charge >= 0.3 is 6.01 Å². The lowest BCUT2D eigenvalue weighted by Gasteiger charge is -2.35. The monoisotopic (exact) mass is 487 g/mol. The number of likely N-dealkylation sites (N-methyl/N-ethyl adjacent to an activating group) is 1. The minimum absolute atomic E-state index is 0.0365. The van der Waals surface area contributed by atoms with Crippen LogP contribution in [0.15, 0.2) is 55.1 Å². The molecule has 3 heterocycles. The number of aromatic nitrogens is 2. The Kier molecular flexibility index (Phi) is 7.04. The van der Waals surface area contributed by atoms with Crippen molar-refractivity contribution in [3.63, 3.8) is 0 Å². The predicted octanol–water partition coefficient (Wildman–Crippen LogP) is 3.61. The van der Waals surface area contributed by atoms with E-state index in [-0.39, 0.29) is 5.91 Å². The van der Waals surface area contributed by atoms with Crippen LogP contribution in [-0.2, 0) is 4.79 Å². The van der Waals surface area contributed by atoms with E-state index < -0.39 is 0 Å². The Morgan fingerprint density at radius 2 is 1.92 bits per heavy atom. The third kappa shape index (κ3) is 4.99. The van der Waals surface area contributed by atoms with Crippen molar-refractivity contribution < 1.29 is 14.3 Å². The van der Waals surface area contributed by atoms with Crippen molar-refractivity contribution in [3.05, 3.63) is 55.1 Å². The summed E-state index contributed by atoms with van der Waals surface area (Å²) in [6.07, 6.45) is 3.67. The smallest absolute Gasteiger partial charge is 0.318 e. The van der Waals surface area contributed by atoms with E-state index in [0.29, 0.717) is 44.8 Å². The number of hydrogen-bond donors (Lipinski definition) is 0. The molecule has 0 N–H and O–H groups in total. The van der Waals surface area contributed by atoms with E-state index in [9.17, 15) is 4.79 Å². The summed E-state index contributed by atoms with van der Waals surface area (Å²) in [5.41, 5.74) is 1.76. The Bertz CT molecular complexity index is 1260. The van der Waals surface area contributed by atoms with Gasteiger partial charge in [0.1, 0.15) is 18.2 Å². The van der Waals surface area contributed by atoms with Gasteiger partial charge in [0.15, 0.2) is 0 Å². The van der Waals surface area contributed by atoms with Crippen LogP contribution in [0.1, 0.15) is 12.8 Å². The van der Waals surface area contributed by atoms with Crippen molar-refractivity contribution in [2.75, 3.05) is 58.4 Å². The first kappa shape index (κ1) is 24.1. The van der Waals surface area contributed by atoms with Gasteiger partial charge in [-0.15, -0.1) is 0 Å². The topological polar surface area (TPSA) is 71.0 Å². The van der Waals surface area contributed by atoms with Crippen molar-refractivity contribution >= 4 is 22.5 Å². The van der Waals surface area contributed by atoms with Gasteiger partial charge in [-0.05, 0) is 55.4 Å². The van der Waals surface area contributed by atoms with E-state index in [1.807, 2.05) is 35.2 Å². The second-order valence-corrected chi connectivity index (χ2v) is 9.39. The molecule has 2 fully saturated rings. The number of carbonyl (C=O) groups is 1. The molecule has 5 rings (SSSR count). The zero-order valence-corrected chi connectivity index (χ0v) is 21.0. The minimum Gasteiger partial charge on any atom is -0.497 e. The van der Waals surface area contributed by atoms with Gasteiger partial charge in [0.25, 0.3) is 0 Å². The maximum Gasteiger partial charge on any atom is 0.318 e. The summed E-state index contributed by atoms with van der Waals surface area (Å²) in [5.74, 6) is 1.54. The molecule has 0 aliphatic carbocycles. The number of amides is 1. The molecular formula is C28H33N5O3. The van der Waals surface area contributed by atoms with Crippen LogP contribution >= 0.6 is 0 Å². The van der Waals surface area contributed by atoms with Crippen LogP contribution in [0.3, 0.4) is 0 Å². The lowest BCUT2D eigenvalue weighted by atomic mass is 10.0. The first-order chi connectivity index (χ1) is 17.6. The number of piperazine rings is 1. The van der Waals surface area contributed by atoms with Gasteiger partial charge in [0.05, 0.1) is 12.8 Å². The van der Waals surface area contributed by atoms with Crippen LogP contribution in [0.5, 0.6) is 11.8 Å². The number of hydrogen-bond acceptors (Lipinski definition) is 7. The molecule has 0 unspecified atom stereocenters. The predicted molar refractivity (Wildman–Crippen MR) is 142 cm³/mol. The minimum atomic E-state index is -0.0365. The number of rotatable bonds is 7. The number of carbonyl (C=O) groups excluding carboxylic acids is 1. The summed E-state index contributed by atoms with van der Waals surface area (Å²) in [6.45, 7) is 7.86. The summed E-state index contributed by atoms with van der Waals surface area (Å²) >= 11 is 0. The largest absolute Gasteiger partial charge is 0.497 e. The number of benzene rings is 2. The maximum absolute atomic E-state index is 12.1. The fourth-order valence-electron chi connectivity index (χ4n) is 5.04. The molecule has 2 aliphatic heterocycles. The van der Waals surface area contributed by atoms with Gasteiger partial charge in [-0.3, -0.25) is 4.79 Å². The Hall–Kier alpha value is -3.65. The molecule has 3 aromatic rings. The normalized spacial score (nSPS) is 18.4. The standard InChI is InChI=1S/C28H33N5O3/c1-4-27(34)33-14-12-32(13-15-33)26-18-25(29-28(30-26)36-19-21-9-7-11-31(21)2)24-17-22(35-3)16-20-8-5-6-10-23(20)24/h4-6,8,10,16-18,21H,1,7,9,11-15,19H2,2-3H3/t21-/m0/s1.